The Bertz CT molecular complexity index is 912. The molecule has 7 heteroatoms. The number of hydrogen-bond acceptors (Lipinski definition) is 5. The summed E-state index contributed by atoms with van der Waals surface area (Å²) in [6.45, 7) is 1.54. The zero-order valence-corrected chi connectivity index (χ0v) is 19.3. The highest BCUT2D eigenvalue weighted by Gasteiger charge is 2.35. The first-order valence-electron chi connectivity index (χ1n) is 12.4. The van der Waals surface area contributed by atoms with Crippen molar-refractivity contribution >= 4 is 0 Å². The zero-order chi connectivity index (χ0) is 23.7. The third-order valence-electron chi connectivity index (χ3n) is 7.59. The van der Waals surface area contributed by atoms with Crippen molar-refractivity contribution in [2.45, 2.75) is 83.8 Å². The second kappa shape index (κ2) is 12.6. The van der Waals surface area contributed by atoms with Crippen molar-refractivity contribution in [3.63, 3.8) is 0 Å². The Hall–Kier alpha value is -1.90. The molecule has 4 aliphatic rings. The minimum atomic E-state index is -0.710. The average Bonchev–Trinajstić information content (AvgIpc) is 3.56. The van der Waals surface area contributed by atoms with E-state index >= 15 is 0 Å². The molecule has 36 heavy (non-hydrogen) atoms. The van der Waals surface area contributed by atoms with Gasteiger partial charge in [0.2, 0.25) is 0 Å². The lowest BCUT2D eigenvalue weighted by molar-refractivity contribution is -0.0547. The fourth-order valence-electron chi connectivity index (χ4n) is 5.89. The molecule has 6 rings (SSSR count). The van der Waals surface area contributed by atoms with Crippen molar-refractivity contribution < 1.29 is 28.5 Å². The molecular weight excluding hydrogens is 464 g/mol. The maximum Gasteiger partial charge on any atom is 0.123 e. The van der Waals surface area contributed by atoms with Crippen LogP contribution in [0, 0.1) is 17.6 Å². The van der Waals surface area contributed by atoms with Crippen LogP contribution in [-0.2, 0) is 9.47 Å². The van der Waals surface area contributed by atoms with Gasteiger partial charge in [0.05, 0.1) is 25.4 Å². The molecule has 0 radical (unpaired) electrons. The molecule has 2 fully saturated rings. The molecule has 0 aromatic heterocycles. The molecule has 2 aromatic carbocycles. The SMILES string of the molecule is C.C.OC1COC(C2CCCC2)c2ccc(F)cc21.OC1CO[C@@H]([C@@H]2CCCN2)c2ccc(F)cc21. The molecule has 3 heterocycles. The fraction of sp³-hybridized carbons (Fsp3) is 0.586. The molecule has 3 unspecified atom stereocenters. The molecule has 200 valence electrons. The first-order chi connectivity index (χ1) is 16.5. The van der Waals surface area contributed by atoms with Gasteiger partial charge in [-0.1, -0.05) is 39.8 Å². The standard InChI is InChI=1S/C14H17FO2.C13H16FNO2.2CH4/c15-10-5-6-11-12(7-10)13(16)8-17-14(11)9-3-1-2-4-9;14-8-3-4-9-10(6-8)12(16)7-17-13(9)11-2-1-5-15-11;;/h5-7,9,13-14,16H,1-4,8H2;3-4,6,11-13,15-16H,1-2,5,7H2;2*1H4/t;11-,12?,13+;;/m.0../s1. The van der Waals surface area contributed by atoms with Crippen molar-refractivity contribution in [2.75, 3.05) is 19.8 Å². The van der Waals surface area contributed by atoms with Crippen molar-refractivity contribution in [2.24, 2.45) is 5.92 Å². The lowest BCUT2D eigenvalue weighted by atomic mass is 9.87. The minimum absolute atomic E-state index is 0. The quantitative estimate of drug-likeness (QED) is 0.462. The Morgan fingerprint density at radius 2 is 1.22 bits per heavy atom. The normalized spacial score (nSPS) is 29.2. The van der Waals surface area contributed by atoms with Crippen LogP contribution < -0.4 is 5.32 Å². The topological polar surface area (TPSA) is 71.0 Å². The van der Waals surface area contributed by atoms with Gasteiger partial charge in [-0.3, -0.25) is 0 Å². The van der Waals surface area contributed by atoms with Crippen molar-refractivity contribution in [3.05, 3.63) is 70.3 Å². The van der Waals surface area contributed by atoms with Crippen LogP contribution in [0.15, 0.2) is 36.4 Å². The van der Waals surface area contributed by atoms with E-state index in [2.05, 4.69) is 5.32 Å². The van der Waals surface area contributed by atoms with Crippen LogP contribution in [0.5, 0.6) is 0 Å². The van der Waals surface area contributed by atoms with E-state index in [-0.39, 0.29) is 58.0 Å². The maximum absolute atomic E-state index is 13.2. The Balaban J connectivity index is 0.000000190. The number of ether oxygens (including phenoxy) is 2. The summed E-state index contributed by atoms with van der Waals surface area (Å²) >= 11 is 0. The second-order valence-corrected chi connectivity index (χ2v) is 9.83. The van der Waals surface area contributed by atoms with Gasteiger partial charge in [-0.05, 0) is 84.7 Å². The molecular formula is C29H41F2NO4. The molecule has 3 aliphatic heterocycles. The van der Waals surface area contributed by atoms with Gasteiger partial charge < -0.3 is 25.0 Å². The predicted octanol–water partition coefficient (Wildman–Crippen LogP) is 6.08. The highest BCUT2D eigenvalue weighted by molar-refractivity contribution is 5.35. The molecule has 0 spiro atoms. The van der Waals surface area contributed by atoms with E-state index in [1.165, 1.54) is 49.9 Å². The number of rotatable bonds is 2. The third-order valence-corrected chi connectivity index (χ3v) is 7.59. The summed E-state index contributed by atoms with van der Waals surface area (Å²) < 4.78 is 37.9. The lowest BCUT2D eigenvalue weighted by Gasteiger charge is -2.33. The molecule has 5 atom stereocenters. The number of hydrogen-bond donors (Lipinski definition) is 3. The van der Waals surface area contributed by atoms with E-state index in [0.29, 0.717) is 17.0 Å². The molecule has 1 saturated carbocycles. The van der Waals surface area contributed by atoms with Gasteiger partial charge in [-0.25, -0.2) is 8.78 Å². The highest BCUT2D eigenvalue weighted by Crippen LogP contribution is 2.43. The summed E-state index contributed by atoms with van der Waals surface area (Å²) in [5.41, 5.74) is 3.30. The summed E-state index contributed by atoms with van der Waals surface area (Å²) in [5.74, 6) is -0.0515. The molecule has 0 bridgehead atoms. The smallest absolute Gasteiger partial charge is 0.123 e. The monoisotopic (exact) mass is 505 g/mol. The number of halogens is 2. The van der Waals surface area contributed by atoms with Gasteiger partial charge in [0.15, 0.2) is 0 Å². The molecule has 5 nitrogen and oxygen atoms in total. The number of aliphatic hydroxyl groups is 2. The summed E-state index contributed by atoms with van der Waals surface area (Å²) in [5, 5.41) is 23.1. The average molecular weight is 506 g/mol. The maximum atomic E-state index is 13.2. The van der Waals surface area contributed by atoms with Crippen LogP contribution in [0.3, 0.4) is 0 Å². The van der Waals surface area contributed by atoms with Gasteiger partial charge in [0, 0.05) is 6.04 Å². The van der Waals surface area contributed by atoms with Crippen molar-refractivity contribution in [1.82, 2.24) is 5.32 Å². The number of nitrogens with one attached hydrogen (secondary N) is 1. The van der Waals surface area contributed by atoms with Gasteiger partial charge >= 0.3 is 0 Å². The van der Waals surface area contributed by atoms with Crippen LogP contribution in [0.1, 0.15) is 100 Å². The number of benzene rings is 2. The van der Waals surface area contributed by atoms with E-state index in [1.807, 2.05) is 0 Å². The fourth-order valence-corrected chi connectivity index (χ4v) is 5.89. The van der Waals surface area contributed by atoms with Crippen LogP contribution in [0.4, 0.5) is 8.78 Å². The Morgan fingerprint density at radius 3 is 1.75 bits per heavy atom. The summed E-state index contributed by atoms with van der Waals surface area (Å²) in [7, 11) is 0. The van der Waals surface area contributed by atoms with Gasteiger partial charge in [0.25, 0.3) is 0 Å². The summed E-state index contributed by atoms with van der Waals surface area (Å²) in [6, 6.07) is 9.55. The second-order valence-electron chi connectivity index (χ2n) is 9.83. The van der Waals surface area contributed by atoms with E-state index in [1.54, 1.807) is 12.1 Å². The highest BCUT2D eigenvalue weighted by atomic mass is 19.1. The largest absolute Gasteiger partial charge is 0.386 e. The summed E-state index contributed by atoms with van der Waals surface area (Å²) in [6.07, 6.45) is 5.67. The van der Waals surface area contributed by atoms with Crippen molar-refractivity contribution in [3.8, 4) is 0 Å². The Morgan fingerprint density at radius 1 is 0.694 bits per heavy atom. The lowest BCUT2D eigenvalue weighted by Crippen LogP contribution is -2.35. The van der Waals surface area contributed by atoms with Crippen LogP contribution >= 0.6 is 0 Å². The predicted molar refractivity (Wildman–Crippen MR) is 137 cm³/mol. The van der Waals surface area contributed by atoms with Crippen molar-refractivity contribution in [1.29, 1.82) is 0 Å². The Kier molecular flexibility index (Phi) is 10.0. The van der Waals surface area contributed by atoms with Gasteiger partial charge in [-0.2, -0.15) is 0 Å². The van der Waals surface area contributed by atoms with E-state index in [0.717, 1.165) is 30.5 Å². The molecule has 1 aliphatic carbocycles. The first kappa shape index (κ1) is 28.7. The van der Waals surface area contributed by atoms with Crippen LogP contribution in [-0.4, -0.2) is 36.0 Å². The Labute approximate surface area is 213 Å². The molecule has 3 N–H and O–H groups in total. The first-order valence-corrected chi connectivity index (χ1v) is 12.4. The summed E-state index contributed by atoms with van der Waals surface area (Å²) in [4.78, 5) is 0. The third kappa shape index (κ3) is 5.97. The van der Waals surface area contributed by atoms with Gasteiger partial charge in [-0.15, -0.1) is 0 Å². The minimum Gasteiger partial charge on any atom is -0.386 e. The number of fused-ring (bicyclic) bond motifs is 2. The van der Waals surface area contributed by atoms with E-state index in [9.17, 15) is 19.0 Å². The van der Waals surface area contributed by atoms with E-state index < -0.39 is 12.2 Å². The molecule has 0 amide bonds. The van der Waals surface area contributed by atoms with Crippen LogP contribution in [0.25, 0.3) is 0 Å². The zero-order valence-electron chi connectivity index (χ0n) is 19.3. The number of aliphatic hydroxyl groups excluding tert-OH is 2. The van der Waals surface area contributed by atoms with E-state index in [4.69, 9.17) is 9.47 Å². The van der Waals surface area contributed by atoms with Gasteiger partial charge in [0.1, 0.15) is 23.8 Å². The molecule has 2 aromatic rings. The molecule has 1 saturated heterocycles. The van der Waals surface area contributed by atoms with Crippen LogP contribution in [0.2, 0.25) is 0 Å².